The number of hydrogen-bond donors (Lipinski definition) is 2. The second-order valence-corrected chi connectivity index (χ2v) is 10.1. The summed E-state index contributed by atoms with van der Waals surface area (Å²) in [5, 5.41) is 11.6. The molecule has 5 fully saturated rings. The van der Waals surface area contributed by atoms with E-state index < -0.39 is 17.7 Å². The maximum atomic E-state index is 9.52. The predicted octanol–water partition coefficient (Wildman–Crippen LogP) is 1.94. The summed E-state index contributed by atoms with van der Waals surface area (Å²) in [7, 11) is 0. The maximum Gasteiger partial charge on any atom is 0.163 e. The molecule has 5 aliphatic rings. The molecular formula is C23H36N2O6. The summed E-state index contributed by atoms with van der Waals surface area (Å²) in [5.74, 6) is -1.06. The number of fused-ring (bicyclic) bond motifs is 6. The monoisotopic (exact) mass is 436 g/mol. The molecule has 0 aromatic heterocycles. The van der Waals surface area contributed by atoms with Crippen LogP contribution in [0, 0.1) is 0 Å². The zero-order valence-corrected chi connectivity index (χ0v) is 18.6. The molecule has 0 radical (unpaired) electrons. The molecule has 1 aromatic rings. The van der Waals surface area contributed by atoms with Gasteiger partial charge in [-0.05, 0) is 46.1 Å². The molecule has 3 N–H and O–H groups in total. The Balaban J connectivity index is 0.000000164. The van der Waals surface area contributed by atoms with E-state index >= 15 is 0 Å². The summed E-state index contributed by atoms with van der Waals surface area (Å²) < 4.78 is 23.0. The van der Waals surface area contributed by atoms with Crippen molar-refractivity contribution in [3.8, 4) is 0 Å². The van der Waals surface area contributed by atoms with Gasteiger partial charge in [-0.25, -0.2) is 0 Å². The summed E-state index contributed by atoms with van der Waals surface area (Å²) in [4.78, 5) is 6.00. The SMILES string of the molecule is CC1(C)O[C@@H]2[C@H](O1)[C@@H](O)C[C@H]2N.CC1(C)O[C@@H]2[C@H](O1)[C@@H]1C[C@H]2N(Cc2ccccc2)O1.[HH]. The van der Waals surface area contributed by atoms with Crippen LogP contribution in [0.4, 0.5) is 0 Å². The van der Waals surface area contributed by atoms with Gasteiger partial charge in [-0.1, -0.05) is 30.3 Å². The molecule has 8 heteroatoms. The van der Waals surface area contributed by atoms with Crippen LogP contribution in [-0.4, -0.2) is 70.5 Å². The number of benzene rings is 1. The van der Waals surface area contributed by atoms with Gasteiger partial charge >= 0.3 is 0 Å². The van der Waals surface area contributed by atoms with Crippen LogP contribution >= 0.6 is 0 Å². The number of rotatable bonds is 2. The van der Waals surface area contributed by atoms with Crippen LogP contribution in [0.5, 0.6) is 0 Å². The van der Waals surface area contributed by atoms with Gasteiger partial charge < -0.3 is 29.8 Å². The van der Waals surface area contributed by atoms with Crippen LogP contribution in [0.25, 0.3) is 0 Å². The van der Waals surface area contributed by atoms with Crippen molar-refractivity contribution >= 4 is 0 Å². The lowest BCUT2D eigenvalue weighted by atomic mass is 10.1. The molecule has 2 aliphatic carbocycles. The molecule has 1 aromatic carbocycles. The third kappa shape index (κ3) is 4.16. The molecule has 8 atom stereocenters. The van der Waals surface area contributed by atoms with Crippen LogP contribution < -0.4 is 5.73 Å². The van der Waals surface area contributed by atoms with Crippen molar-refractivity contribution in [1.82, 2.24) is 5.06 Å². The minimum atomic E-state index is -0.589. The number of aliphatic hydroxyl groups is 1. The average molecular weight is 437 g/mol. The first-order valence-electron chi connectivity index (χ1n) is 11.2. The lowest BCUT2D eigenvalue weighted by molar-refractivity contribution is -0.229. The number of hydroxylamine groups is 2. The van der Waals surface area contributed by atoms with Crippen molar-refractivity contribution in [2.45, 2.75) is 107 Å². The van der Waals surface area contributed by atoms with Gasteiger partial charge in [0.2, 0.25) is 0 Å². The third-order valence-corrected chi connectivity index (χ3v) is 6.68. The van der Waals surface area contributed by atoms with Gasteiger partial charge in [0, 0.05) is 14.0 Å². The Bertz CT molecular complexity index is 778. The standard InChI is InChI=1S/C15H19NO3.C8H15NO3.H2/c1-15(2)17-13-11-8-12(14(13)18-15)19-16(11)9-10-6-4-3-5-7-10;1-8(2)11-6-4(9)3-5(10)7(6)12-8;/h3-7,11-14H,8-9H2,1-2H3;4-7,10H,3,9H2,1-2H3;1H/t11-,12+,13+,14-;4-,5+,6+,7-;/m11./s1. The van der Waals surface area contributed by atoms with E-state index in [1.54, 1.807) is 0 Å². The number of nitrogens with zero attached hydrogens (tertiary/aromatic N) is 1. The molecule has 0 unspecified atom stereocenters. The maximum absolute atomic E-state index is 9.52. The van der Waals surface area contributed by atoms with Gasteiger partial charge in [-0.3, -0.25) is 4.84 Å². The van der Waals surface area contributed by atoms with Crippen molar-refractivity contribution < 1.29 is 30.3 Å². The first-order chi connectivity index (χ1) is 14.6. The first-order valence-corrected chi connectivity index (χ1v) is 11.2. The Kier molecular flexibility index (Phi) is 5.43. The Hall–Kier alpha value is -1.10. The van der Waals surface area contributed by atoms with Crippen molar-refractivity contribution in [3.63, 3.8) is 0 Å². The van der Waals surface area contributed by atoms with Crippen LogP contribution in [-0.2, 0) is 30.3 Å². The molecular weight excluding hydrogens is 400 g/mol. The molecule has 2 bridgehead atoms. The normalized spacial score (nSPS) is 44.1. The average Bonchev–Trinajstić information content (AvgIpc) is 3.44. The van der Waals surface area contributed by atoms with Crippen LogP contribution in [0.3, 0.4) is 0 Å². The Morgan fingerprint density at radius 3 is 2.23 bits per heavy atom. The largest absolute Gasteiger partial charge is 0.390 e. The molecule has 3 heterocycles. The molecule has 0 amide bonds. The molecule has 0 spiro atoms. The van der Waals surface area contributed by atoms with Crippen LogP contribution in [0.1, 0.15) is 47.5 Å². The summed E-state index contributed by atoms with van der Waals surface area (Å²) in [6.07, 6.45) is 1.17. The van der Waals surface area contributed by atoms with E-state index in [1.807, 2.05) is 33.8 Å². The fourth-order valence-electron chi connectivity index (χ4n) is 5.46. The van der Waals surface area contributed by atoms with Crippen molar-refractivity contribution in [3.05, 3.63) is 35.9 Å². The van der Waals surface area contributed by atoms with Crippen LogP contribution in [0.15, 0.2) is 30.3 Å². The van der Waals surface area contributed by atoms with E-state index in [0.29, 0.717) is 12.5 Å². The fraction of sp³-hybridized carbons (Fsp3) is 0.739. The highest BCUT2D eigenvalue weighted by Crippen LogP contribution is 2.46. The Morgan fingerprint density at radius 2 is 1.55 bits per heavy atom. The summed E-state index contributed by atoms with van der Waals surface area (Å²) in [6.45, 7) is 8.45. The third-order valence-electron chi connectivity index (χ3n) is 6.68. The minimum absolute atomic E-state index is 0. The summed E-state index contributed by atoms with van der Waals surface area (Å²) >= 11 is 0. The second kappa shape index (κ2) is 7.74. The lowest BCUT2D eigenvalue weighted by Crippen LogP contribution is -2.46. The number of nitrogens with two attached hydrogens (primary N) is 1. The zero-order valence-electron chi connectivity index (χ0n) is 18.6. The molecule has 8 nitrogen and oxygen atoms in total. The van der Waals surface area contributed by atoms with Gasteiger partial charge in [0.1, 0.15) is 30.5 Å². The summed E-state index contributed by atoms with van der Waals surface area (Å²) in [6, 6.07) is 10.6. The minimum Gasteiger partial charge on any atom is -0.390 e. The highest BCUT2D eigenvalue weighted by molar-refractivity contribution is 5.15. The van der Waals surface area contributed by atoms with Crippen molar-refractivity contribution in [2.24, 2.45) is 5.73 Å². The second-order valence-electron chi connectivity index (χ2n) is 10.1. The van der Waals surface area contributed by atoms with Crippen LogP contribution in [0.2, 0.25) is 0 Å². The van der Waals surface area contributed by atoms with E-state index in [0.717, 1.165) is 13.0 Å². The van der Waals surface area contributed by atoms with Crippen molar-refractivity contribution in [1.29, 1.82) is 0 Å². The highest BCUT2D eigenvalue weighted by atomic mass is 16.8. The van der Waals surface area contributed by atoms with E-state index in [-0.39, 0.29) is 38.0 Å². The first kappa shape index (κ1) is 21.7. The van der Waals surface area contributed by atoms with Gasteiger partial charge in [-0.2, -0.15) is 5.06 Å². The van der Waals surface area contributed by atoms with Gasteiger partial charge in [-0.15, -0.1) is 0 Å². The van der Waals surface area contributed by atoms with E-state index in [1.165, 1.54) is 5.56 Å². The van der Waals surface area contributed by atoms with E-state index in [9.17, 15) is 5.11 Å². The molecule has 2 saturated carbocycles. The Morgan fingerprint density at radius 1 is 0.935 bits per heavy atom. The quantitative estimate of drug-likeness (QED) is 0.726. The van der Waals surface area contributed by atoms with E-state index in [2.05, 4.69) is 29.3 Å². The lowest BCUT2D eigenvalue weighted by Gasteiger charge is -2.32. The summed E-state index contributed by atoms with van der Waals surface area (Å²) in [5.41, 5.74) is 7.03. The van der Waals surface area contributed by atoms with Gasteiger partial charge in [0.25, 0.3) is 0 Å². The fourth-order valence-corrected chi connectivity index (χ4v) is 5.46. The van der Waals surface area contributed by atoms with E-state index in [4.69, 9.17) is 29.5 Å². The molecule has 3 aliphatic heterocycles. The Labute approximate surface area is 185 Å². The number of ether oxygens (including phenoxy) is 4. The highest BCUT2D eigenvalue weighted by Gasteiger charge is 2.61. The zero-order chi connectivity index (χ0) is 22.0. The van der Waals surface area contributed by atoms with Crippen molar-refractivity contribution in [2.75, 3.05) is 0 Å². The molecule has 3 saturated heterocycles. The van der Waals surface area contributed by atoms with Gasteiger partial charge in [0.05, 0.1) is 12.1 Å². The number of aliphatic hydroxyl groups excluding tert-OH is 1. The van der Waals surface area contributed by atoms with Gasteiger partial charge in [0.15, 0.2) is 11.6 Å². The number of hydrogen-bond acceptors (Lipinski definition) is 8. The molecule has 174 valence electrons. The topological polar surface area (TPSA) is 95.6 Å². The smallest absolute Gasteiger partial charge is 0.163 e. The molecule has 6 rings (SSSR count). The molecule has 31 heavy (non-hydrogen) atoms. The predicted molar refractivity (Wildman–Crippen MR) is 114 cm³/mol.